The summed E-state index contributed by atoms with van der Waals surface area (Å²) in [5, 5.41) is 3.72. The van der Waals surface area contributed by atoms with Crippen LogP contribution in [0.25, 0.3) is 0 Å². The van der Waals surface area contributed by atoms with Crippen molar-refractivity contribution in [2.75, 3.05) is 6.54 Å². The van der Waals surface area contributed by atoms with Gasteiger partial charge in [0.1, 0.15) is 0 Å². The van der Waals surface area contributed by atoms with Gasteiger partial charge < -0.3 is 5.32 Å². The third kappa shape index (κ3) is 7.05. The van der Waals surface area contributed by atoms with E-state index in [0.29, 0.717) is 6.04 Å². The van der Waals surface area contributed by atoms with Crippen molar-refractivity contribution in [3.63, 3.8) is 0 Å². The minimum Gasteiger partial charge on any atom is -0.314 e. The lowest BCUT2D eigenvalue weighted by Crippen LogP contribution is -2.36. The molecule has 1 heteroatoms. The zero-order valence-corrected chi connectivity index (χ0v) is 11.6. The largest absolute Gasteiger partial charge is 0.314 e. The number of allylic oxidation sites excluding steroid dienone is 1. The topological polar surface area (TPSA) is 12.0 Å². The van der Waals surface area contributed by atoms with E-state index in [1.54, 1.807) is 0 Å². The minimum atomic E-state index is 0.703. The van der Waals surface area contributed by atoms with E-state index in [1.165, 1.54) is 38.5 Å². The Morgan fingerprint density at radius 2 is 1.88 bits per heavy atom. The second-order valence-corrected chi connectivity index (χ2v) is 4.74. The van der Waals surface area contributed by atoms with E-state index in [0.717, 1.165) is 18.9 Å². The second-order valence-electron chi connectivity index (χ2n) is 4.74. The van der Waals surface area contributed by atoms with Gasteiger partial charge in [-0.15, -0.1) is 6.58 Å². The lowest BCUT2D eigenvalue weighted by molar-refractivity contribution is 0.304. The molecule has 0 rings (SSSR count). The fourth-order valence-electron chi connectivity index (χ4n) is 2.29. The Kier molecular flexibility index (Phi) is 11.0. The molecule has 0 heterocycles. The molecule has 0 aliphatic heterocycles. The fraction of sp³-hybridized carbons (Fsp3) is 0.867. The summed E-state index contributed by atoms with van der Waals surface area (Å²) in [6, 6.07) is 0.703. The van der Waals surface area contributed by atoms with Crippen LogP contribution in [0, 0.1) is 5.92 Å². The molecule has 0 fully saturated rings. The maximum absolute atomic E-state index is 3.83. The van der Waals surface area contributed by atoms with Crippen molar-refractivity contribution in [1.82, 2.24) is 5.32 Å². The Labute approximate surface area is 103 Å². The Morgan fingerprint density at radius 3 is 2.38 bits per heavy atom. The van der Waals surface area contributed by atoms with Gasteiger partial charge in [0.05, 0.1) is 0 Å². The molecule has 2 atom stereocenters. The average molecular weight is 225 g/mol. The normalized spacial score (nSPS) is 14.7. The molecule has 1 nitrogen and oxygen atoms in total. The number of nitrogens with one attached hydrogen (secondary N) is 1. The summed E-state index contributed by atoms with van der Waals surface area (Å²) < 4.78 is 0. The first-order valence-corrected chi connectivity index (χ1v) is 7.14. The van der Waals surface area contributed by atoms with Crippen molar-refractivity contribution < 1.29 is 0 Å². The molecule has 2 unspecified atom stereocenters. The molecular formula is C15H31N. The van der Waals surface area contributed by atoms with Gasteiger partial charge in [-0.1, -0.05) is 46.1 Å². The van der Waals surface area contributed by atoms with Crippen LogP contribution < -0.4 is 5.32 Å². The molecule has 0 aromatic rings. The van der Waals surface area contributed by atoms with Gasteiger partial charge in [-0.3, -0.25) is 0 Å². The molecule has 0 aliphatic carbocycles. The molecule has 0 saturated heterocycles. The summed E-state index contributed by atoms with van der Waals surface area (Å²) in [7, 11) is 0. The van der Waals surface area contributed by atoms with Gasteiger partial charge >= 0.3 is 0 Å². The quantitative estimate of drug-likeness (QED) is 0.509. The van der Waals surface area contributed by atoms with Crippen molar-refractivity contribution >= 4 is 0 Å². The fourth-order valence-corrected chi connectivity index (χ4v) is 2.29. The lowest BCUT2D eigenvalue weighted by atomic mass is 9.88. The summed E-state index contributed by atoms with van der Waals surface area (Å²) in [6.07, 6.45) is 11.1. The van der Waals surface area contributed by atoms with Crippen LogP contribution in [0.1, 0.15) is 65.7 Å². The molecule has 0 spiro atoms. The standard InChI is InChI=1S/C15H31N/c1-5-9-11-14(8-4)15(12-10-6-2)16-13-7-3/h6,14-16H,2,5,7-13H2,1,3-4H3. The van der Waals surface area contributed by atoms with E-state index in [9.17, 15) is 0 Å². The molecule has 0 aromatic carbocycles. The highest BCUT2D eigenvalue weighted by Gasteiger charge is 2.17. The van der Waals surface area contributed by atoms with E-state index in [-0.39, 0.29) is 0 Å². The second kappa shape index (κ2) is 11.2. The molecule has 1 N–H and O–H groups in total. The van der Waals surface area contributed by atoms with Gasteiger partial charge in [0.15, 0.2) is 0 Å². The van der Waals surface area contributed by atoms with Gasteiger partial charge in [-0.25, -0.2) is 0 Å². The predicted octanol–water partition coefficient (Wildman–Crippen LogP) is 4.54. The smallest absolute Gasteiger partial charge is 0.00981 e. The van der Waals surface area contributed by atoms with E-state index in [4.69, 9.17) is 0 Å². The summed E-state index contributed by atoms with van der Waals surface area (Å²) in [5.74, 6) is 0.853. The molecule has 0 aliphatic rings. The van der Waals surface area contributed by atoms with Crippen LogP contribution in [0.5, 0.6) is 0 Å². The summed E-state index contributed by atoms with van der Waals surface area (Å²) in [5.41, 5.74) is 0. The third-order valence-electron chi connectivity index (χ3n) is 3.36. The first kappa shape index (κ1) is 15.7. The molecule has 0 radical (unpaired) electrons. The van der Waals surface area contributed by atoms with Crippen molar-refractivity contribution in [3.8, 4) is 0 Å². The Hall–Kier alpha value is -0.300. The first-order valence-electron chi connectivity index (χ1n) is 7.14. The highest BCUT2D eigenvalue weighted by molar-refractivity contribution is 4.79. The van der Waals surface area contributed by atoms with Gasteiger partial charge in [0.25, 0.3) is 0 Å². The Morgan fingerprint density at radius 1 is 1.12 bits per heavy atom. The van der Waals surface area contributed by atoms with Crippen molar-refractivity contribution in [3.05, 3.63) is 12.7 Å². The van der Waals surface area contributed by atoms with Gasteiger partial charge in [-0.2, -0.15) is 0 Å². The summed E-state index contributed by atoms with van der Waals surface area (Å²) in [4.78, 5) is 0. The van der Waals surface area contributed by atoms with E-state index in [2.05, 4.69) is 32.7 Å². The van der Waals surface area contributed by atoms with Crippen molar-refractivity contribution in [2.24, 2.45) is 5.92 Å². The highest BCUT2D eigenvalue weighted by Crippen LogP contribution is 2.20. The molecule has 0 saturated carbocycles. The zero-order chi connectivity index (χ0) is 12.2. The zero-order valence-electron chi connectivity index (χ0n) is 11.6. The minimum absolute atomic E-state index is 0.703. The summed E-state index contributed by atoms with van der Waals surface area (Å²) in [6.45, 7) is 11.8. The number of hydrogen-bond acceptors (Lipinski definition) is 1. The van der Waals surface area contributed by atoms with Crippen LogP contribution >= 0.6 is 0 Å². The monoisotopic (exact) mass is 225 g/mol. The maximum atomic E-state index is 3.83. The molecule has 0 aromatic heterocycles. The average Bonchev–Trinajstić information content (AvgIpc) is 2.32. The molecule has 0 bridgehead atoms. The Bertz CT molecular complexity index is 154. The van der Waals surface area contributed by atoms with Crippen molar-refractivity contribution in [1.29, 1.82) is 0 Å². The predicted molar refractivity (Wildman–Crippen MR) is 74.8 cm³/mol. The SMILES string of the molecule is C=CCCC(NCCC)C(CC)CCCC. The molecule has 16 heavy (non-hydrogen) atoms. The van der Waals surface area contributed by atoms with Crippen LogP contribution in [0.15, 0.2) is 12.7 Å². The summed E-state index contributed by atoms with van der Waals surface area (Å²) >= 11 is 0. The van der Waals surface area contributed by atoms with Crippen LogP contribution in [0.2, 0.25) is 0 Å². The maximum Gasteiger partial charge on any atom is 0.00981 e. The molecule has 96 valence electrons. The number of unbranched alkanes of at least 4 members (excludes halogenated alkanes) is 1. The van der Waals surface area contributed by atoms with Crippen LogP contribution in [0.3, 0.4) is 0 Å². The van der Waals surface area contributed by atoms with E-state index >= 15 is 0 Å². The van der Waals surface area contributed by atoms with Gasteiger partial charge in [0.2, 0.25) is 0 Å². The Balaban J connectivity index is 4.11. The van der Waals surface area contributed by atoms with Gasteiger partial charge in [-0.05, 0) is 38.1 Å². The van der Waals surface area contributed by atoms with Crippen LogP contribution in [0.4, 0.5) is 0 Å². The number of rotatable bonds is 11. The van der Waals surface area contributed by atoms with E-state index in [1.807, 2.05) is 6.08 Å². The van der Waals surface area contributed by atoms with Crippen LogP contribution in [-0.2, 0) is 0 Å². The number of hydrogen-bond donors (Lipinski definition) is 1. The molecule has 0 amide bonds. The van der Waals surface area contributed by atoms with E-state index < -0.39 is 0 Å². The van der Waals surface area contributed by atoms with Crippen molar-refractivity contribution in [2.45, 2.75) is 71.8 Å². The lowest BCUT2D eigenvalue weighted by Gasteiger charge is -2.27. The van der Waals surface area contributed by atoms with Crippen LogP contribution in [-0.4, -0.2) is 12.6 Å². The highest BCUT2D eigenvalue weighted by atomic mass is 14.9. The van der Waals surface area contributed by atoms with Gasteiger partial charge in [0, 0.05) is 6.04 Å². The first-order chi connectivity index (χ1) is 7.79. The third-order valence-corrected chi connectivity index (χ3v) is 3.36. The molecular weight excluding hydrogens is 194 g/mol.